The molecule has 1 aromatic rings. The fourth-order valence-corrected chi connectivity index (χ4v) is 2.75. The third-order valence-electron chi connectivity index (χ3n) is 4.35. The highest BCUT2D eigenvalue weighted by Crippen LogP contribution is 2.27. The first kappa shape index (κ1) is 17.4. The number of ether oxygens (including phenoxy) is 2. The molecule has 0 aliphatic carbocycles. The van der Waals surface area contributed by atoms with Crippen molar-refractivity contribution in [2.45, 2.75) is 18.1 Å². The molecule has 134 valence electrons. The van der Waals surface area contributed by atoms with E-state index in [0.717, 1.165) is 5.56 Å². The normalized spacial score (nSPS) is 23.6. The number of carboxylic acids is 1. The Labute approximate surface area is 144 Å². The Morgan fingerprint density at radius 2 is 1.84 bits per heavy atom. The third-order valence-corrected chi connectivity index (χ3v) is 4.35. The highest BCUT2D eigenvalue weighted by atomic mass is 16.6. The van der Waals surface area contributed by atoms with Crippen LogP contribution in [0.5, 0.6) is 0 Å². The van der Waals surface area contributed by atoms with Crippen molar-refractivity contribution in [2.24, 2.45) is 0 Å². The van der Waals surface area contributed by atoms with E-state index in [4.69, 9.17) is 14.6 Å². The summed E-state index contributed by atoms with van der Waals surface area (Å²) in [5, 5.41) is 11.7. The summed E-state index contributed by atoms with van der Waals surface area (Å²) in [5.41, 5.74) is -0.990. The van der Waals surface area contributed by atoms with Gasteiger partial charge in [-0.3, -0.25) is 9.59 Å². The van der Waals surface area contributed by atoms with Gasteiger partial charge in [0.05, 0.1) is 19.8 Å². The van der Waals surface area contributed by atoms with E-state index in [-0.39, 0.29) is 18.9 Å². The molecule has 2 aliphatic rings. The summed E-state index contributed by atoms with van der Waals surface area (Å²) in [4.78, 5) is 38.0. The van der Waals surface area contributed by atoms with Gasteiger partial charge in [0, 0.05) is 19.5 Å². The number of benzene rings is 1. The molecular weight excluding hydrogens is 328 g/mol. The molecule has 0 unspecified atom stereocenters. The van der Waals surface area contributed by atoms with E-state index >= 15 is 0 Å². The lowest BCUT2D eigenvalue weighted by Gasteiger charge is -2.31. The van der Waals surface area contributed by atoms with E-state index in [1.54, 1.807) is 4.90 Å². The minimum Gasteiger partial charge on any atom is -0.479 e. The topological polar surface area (TPSA) is 108 Å². The number of carbonyl (C=O) groups excluding carboxylic acids is 2. The highest BCUT2D eigenvalue weighted by Gasteiger charge is 2.60. The fourth-order valence-electron chi connectivity index (χ4n) is 2.75. The standard InChI is InChI=1S/C17H20N2O6/c20-14(19-6-8-24-9-7-19)13(10-12-4-2-1-3-5-12)18-15(21)17(11-25-17)16(22)23/h1-5,13H,6-11H2,(H,18,21)(H,22,23)/t13-,17-/m0/s1. The molecule has 1 aromatic carbocycles. The molecule has 2 saturated heterocycles. The molecule has 0 saturated carbocycles. The van der Waals surface area contributed by atoms with Crippen LogP contribution in [0, 0.1) is 0 Å². The van der Waals surface area contributed by atoms with Gasteiger partial charge in [0.15, 0.2) is 0 Å². The molecule has 3 rings (SSSR count). The number of amides is 2. The molecule has 2 N–H and O–H groups in total. The Morgan fingerprint density at radius 3 is 2.40 bits per heavy atom. The van der Waals surface area contributed by atoms with Crippen molar-refractivity contribution in [3.05, 3.63) is 35.9 Å². The number of morpholine rings is 1. The fraction of sp³-hybridized carbons (Fsp3) is 0.471. The molecular formula is C17H20N2O6. The number of aliphatic carboxylic acids is 1. The molecule has 2 aliphatic heterocycles. The molecule has 2 heterocycles. The maximum atomic E-state index is 12.8. The molecule has 0 bridgehead atoms. The minimum absolute atomic E-state index is 0.183. The number of carboxylic acid groups (broad SMARTS) is 1. The van der Waals surface area contributed by atoms with Crippen molar-refractivity contribution in [3.8, 4) is 0 Å². The summed E-state index contributed by atoms with van der Waals surface area (Å²) in [6.07, 6.45) is 0.276. The maximum absolute atomic E-state index is 12.8. The average Bonchev–Trinajstić information content (AvgIpc) is 3.44. The third kappa shape index (κ3) is 3.80. The van der Waals surface area contributed by atoms with Gasteiger partial charge in [0.1, 0.15) is 6.04 Å². The van der Waals surface area contributed by atoms with Gasteiger partial charge in [-0.25, -0.2) is 4.79 Å². The molecule has 8 heteroatoms. The minimum atomic E-state index is -1.86. The molecule has 2 amide bonds. The lowest BCUT2D eigenvalue weighted by atomic mass is 10.0. The second kappa shape index (κ2) is 7.20. The molecule has 0 aromatic heterocycles. The molecule has 0 spiro atoms. The quantitative estimate of drug-likeness (QED) is 0.526. The molecule has 8 nitrogen and oxygen atoms in total. The second-order valence-electron chi connectivity index (χ2n) is 6.07. The number of hydrogen-bond acceptors (Lipinski definition) is 5. The number of carbonyl (C=O) groups is 3. The predicted molar refractivity (Wildman–Crippen MR) is 85.8 cm³/mol. The van der Waals surface area contributed by atoms with E-state index in [1.165, 1.54) is 0 Å². The van der Waals surface area contributed by atoms with Crippen LogP contribution in [-0.4, -0.2) is 72.3 Å². The van der Waals surface area contributed by atoms with Gasteiger partial charge >= 0.3 is 5.97 Å². The Morgan fingerprint density at radius 1 is 1.20 bits per heavy atom. The summed E-state index contributed by atoms with van der Waals surface area (Å²) < 4.78 is 10.1. The lowest BCUT2D eigenvalue weighted by molar-refractivity contribution is -0.150. The zero-order chi connectivity index (χ0) is 17.9. The van der Waals surface area contributed by atoms with Gasteiger partial charge in [-0.2, -0.15) is 0 Å². The van der Waals surface area contributed by atoms with Crippen LogP contribution in [-0.2, 0) is 30.3 Å². The summed E-state index contributed by atoms with van der Waals surface area (Å²) in [6, 6.07) is 8.40. The number of nitrogens with zero attached hydrogens (tertiary/aromatic N) is 1. The largest absolute Gasteiger partial charge is 0.479 e. The Hall–Kier alpha value is -2.45. The van der Waals surface area contributed by atoms with Gasteiger partial charge in [-0.1, -0.05) is 30.3 Å². The molecule has 2 fully saturated rings. The summed E-state index contributed by atoms with van der Waals surface area (Å²) >= 11 is 0. The Balaban J connectivity index is 1.75. The first-order valence-corrected chi connectivity index (χ1v) is 8.12. The van der Waals surface area contributed by atoms with Crippen LogP contribution in [0.2, 0.25) is 0 Å². The number of epoxide rings is 1. The first-order chi connectivity index (χ1) is 12.0. The van der Waals surface area contributed by atoms with Crippen LogP contribution in [0.4, 0.5) is 0 Å². The van der Waals surface area contributed by atoms with Crippen molar-refractivity contribution >= 4 is 17.8 Å². The van der Waals surface area contributed by atoms with Crippen molar-refractivity contribution in [3.63, 3.8) is 0 Å². The summed E-state index contributed by atoms with van der Waals surface area (Å²) in [7, 11) is 0. The number of nitrogens with one attached hydrogen (secondary N) is 1. The zero-order valence-corrected chi connectivity index (χ0v) is 13.6. The highest BCUT2D eigenvalue weighted by molar-refractivity contribution is 6.09. The van der Waals surface area contributed by atoms with Crippen LogP contribution < -0.4 is 5.32 Å². The van der Waals surface area contributed by atoms with E-state index in [2.05, 4.69) is 5.32 Å². The smallest absolute Gasteiger partial charge is 0.348 e. The van der Waals surface area contributed by atoms with Crippen molar-refractivity contribution in [1.29, 1.82) is 0 Å². The van der Waals surface area contributed by atoms with Gasteiger partial charge in [-0.05, 0) is 5.56 Å². The zero-order valence-electron chi connectivity index (χ0n) is 13.6. The van der Waals surface area contributed by atoms with Crippen LogP contribution in [0.3, 0.4) is 0 Å². The summed E-state index contributed by atoms with van der Waals surface area (Å²) in [6.45, 7) is 1.60. The van der Waals surface area contributed by atoms with Crippen LogP contribution >= 0.6 is 0 Å². The Bertz CT molecular complexity index is 652. The van der Waals surface area contributed by atoms with E-state index < -0.39 is 23.5 Å². The van der Waals surface area contributed by atoms with Crippen LogP contribution in [0.1, 0.15) is 5.56 Å². The lowest BCUT2D eigenvalue weighted by Crippen LogP contribution is -2.56. The van der Waals surface area contributed by atoms with Crippen molar-refractivity contribution in [2.75, 3.05) is 32.9 Å². The SMILES string of the molecule is O=C([C@H](Cc1ccccc1)NC(=O)[C@]1(C(=O)O)CO1)N1CCOCC1. The van der Waals surface area contributed by atoms with Crippen molar-refractivity contribution < 1.29 is 29.0 Å². The Kier molecular flexibility index (Phi) is 5.00. The monoisotopic (exact) mass is 348 g/mol. The van der Waals surface area contributed by atoms with E-state index in [0.29, 0.717) is 26.3 Å². The average molecular weight is 348 g/mol. The predicted octanol–water partition coefficient (Wildman–Crippen LogP) is -0.574. The summed E-state index contributed by atoms with van der Waals surface area (Å²) in [5.74, 6) is -2.38. The number of hydrogen-bond donors (Lipinski definition) is 2. The van der Waals surface area contributed by atoms with Crippen LogP contribution in [0.25, 0.3) is 0 Å². The van der Waals surface area contributed by atoms with Gasteiger partial charge < -0.3 is 24.8 Å². The van der Waals surface area contributed by atoms with Crippen LogP contribution in [0.15, 0.2) is 30.3 Å². The van der Waals surface area contributed by atoms with Gasteiger partial charge in [0.2, 0.25) is 5.91 Å². The van der Waals surface area contributed by atoms with E-state index in [1.807, 2.05) is 30.3 Å². The van der Waals surface area contributed by atoms with Gasteiger partial charge in [0.25, 0.3) is 11.5 Å². The molecule has 25 heavy (non-hydrogen) atoms. The molecule has 0 radical (unpaired) electrons. The van der Waals surface area contributed by atoms with E-state index in [9.17, 15) is 14.4 Å². The molecule has 2 atom stereocenters. The second-order valence-corrected chi connectivity index (χ2v) is 6.07. The maximum Gasteiger partial charge on any atom is 0.348 e. The van der Waals surface area contributed by atoms with Gasteiger partial charge in [-0.15, -0.1) is 0 Å². The first-order valence-electron chi connectivity index (χ1n) is 8.12. The van der Waals surface area contributed by atoms with Crippen molar-refractivity contribution in [1.82, 2.24) is 10.2 Å². The number of rotatable bonds is 6.